The summed E-state index contributed by atoms with van der Waals surface area (Å²) in [7, 11) is 0. The number of likely N-dealkylation sites (tertiary alicyclic amines) is 1. The third-order valence-electron chi connectivity index (χ3n) is 5.46. The normalized spacial score (nSPS) is 14.4. The summed E-state index contributed by atoms with van der Waals surface area (Å²) < 4.78 is 14.9. The van der Waals surface area contributed by atoms with E-state index in [1.165, 1.54) is 19.3 Å². The highest BCUT2D eigenvalue weighted by Gasteiger charge is 2.19. The third kappa shape index (κ3) is 5.35. The van der Waals surface area contributed by atoms with Crippen LogP contribution in [0.2, 0.25) is 0 Å². The van der Waals surface area contributed by atoms with Gasteiger partial charge in [0.25, 0.3) is 0 Å². The van der Waals surface area contributed by atoms with Gasteiger partial charge in [-0.25, -0.2) is 9.24 Å². The predicted octanol–water partition coefficient (Wildman–Crippen LogP) is 6.28. The van der Waals surface area contributed by atoms with Crippen molar-refractivity contribution >= 4 is 34.4 Å². The fourth-order valence-electron chi connectivity index (χ4n) is 3.86. The molecule has 0 aromatic heterocycles. The first kappa shape index (κ1) is 22.2. The number of hydrogen-bond donors (Lipinski definition) is 1. The van der Waals surface area contributed by atoms with E-state index in [0.717, 1.165) is 35.6 Å². The minimum absolute atomic E-state index is 0.0564. The van der Waals surface area contributed by atoms with Crippen molar-refractivity contribution in [3.05, 3.63) is 64.8 Å². The predicted molar refractivity (Wildman–Crippen MR) is 127 cm³/mol. The van der Waals surface area contributed by atoms with Crippen LogP contribution in [0.4, 0.5) is 21.5 Å². The average molecular weight is 425 g/mol. The van der Waals surface area contributed by atoms with Crippen LogP contribution in [0.25, 0.3) is 4.85 Å². The summed E-state index contributed by atoms with van der Waals surface area (Å²) in [5.41, 5.74) is 3.80. The van der Waals surface area contributed by atoms with Gasteiger partial charge in [-0.15, -0.1) is 0 Å². The molecule has 158 valence electrons. The van der Waals surface area contributed by atoms with Crippen molar-refractivity contribution in [2.24, 2.45) is 0 Å². The fourth-order valence-corrected chi connectivity index (χ4v) is 4.30. The largest absolute Gasteiger partial charge is 0.332 e. The number of anilines is 2. The van der Waals surface area contributed by atoms with Crippen molar-refractivity contribution in [2.75, 3.05) is 23.3 Å². The smallest absolute Gasteiger partial charge is 0.190 e. The van der Waals surface area contributed by atoms with Crippen LogP contribution >= 0.6 is 12.2 Å². The number of nitrogens with one attached hydrogen (secondary N) is 1. The summed E-state index contributed by atoms with van der Waals surface area (Å²) in [5, 5.41) is 3.74. The molecule has 0 amide bonds. The number of aryl methyl sites for hydroxylation is 1. The van der Waals surface area contributed by atoms with Gasteiger partial charge in [-0.05, 0) is 88.7 Å². The van der Waals surface area contributed by atoms with E-state index < -0.39 is 0 Å². The van der Waals surface area contributed by atoms with Gasteiger partial charge in [-0.1, -0.05) is 18.6 Å². The molecule has 0 unspecified atom stereocenters. The average Bonchev–Trinajstić information content (AvgIpc) is 2.71. The lowest BCUT2D eigenvalue weighted by Gasteiger charge is -2.31. The molecular formula is C24H29FN4S. The molecule has 0 radical (unpaired) electrons. The van der Waals surface area contributed by atoms with Gasteiger partial charge in [-0.3, -0.25) is 4.90 Å². The zero-order valence-corrected chi connectivity index (χ0v) is 18.7. The highest BCUT2D eigenvalue weighted by atomic mass is 32.1. The summed E-state index contributed by atoms with van der Waals surface area (Å²) in [6, 6.07) is 11.0. The first-order valence-electron chi connectivity index (χ1n) is 10.5. The van der Waals surface area contributed by atoms with Gasteiger partial charge in [0.1, 0.15) is 5.82 Å². The van der Waals surface area contributed by atoms with Crippen LogP contribution in [-0.4, -0.2) is 29.1 Å². The number of benzene rings is 2. The van der Waals surface area contributed by atoms with Gasteiger partial charge in [0, 0.05) is 29.5 Å². The first-order chi connectivity index (χ1) is 14.4. The fraction of sp³-hybridized carbons (Fsp3) is 0.417. The molecule has 4 nitrogen and oxygen atoms in total. The zero-order valence-electron chi connectivity index (χ0n) is 17.9. The lowest BCUT2D eigenvalue weighted by molar-refractivity contribution is 0.218. The minimum Gasteiger partial charge on any atom is -0.332 e. The molecular weight excluding hydrogens is 395 g/mol. The zero-order chi connectivity index (χ0) is 21.7. The Morgan fingerprint density at radius 2 is 1.93 bits per heavy atom. The Morgan fingerprint density at radius 1 is 1.20 bits per heavy atom. The number of nitrogens with zero attached hydrogens (tertiary/aromatic N) is 3. The molecule has 0 atom stereocenters. The van der Waals surface area contributed by atoms with Crippen LogP contribution in [0.1, 0.15) is 44.2 Å². The second kappa shape index (κ2) is 10.0. The van der Waals surface area contributed by atoms with Gasteiger partial charge < -0.3 is 10.2 Å². The van der Waals surface area contributed by atoms with Gasteiger partial charge in [0.15, 0.2) is 10.8 Å². The summed E-state index contributed by atoms with van der Waals surface area (Å²) in [4.78, 5) is 7.74. The molecule has 2 aromatic rings. The molecule has 0 spiro atoms. The molecule has 1 fully saturated rings. The molecule has 30 heavy (non-hydrogen) atoms. The Hall–Kier alpha value is -2.49. The second-order valence-corrected chi connectivity index (χ2v) is 8.51. The van der Waals surface area contributed by atoms with Crippen molar-refractivity contribution < 1.29 is 4.39 Å². The molecule has 1 N–H and O–H groups in total. The Morgan fingerprint density at radius 3 is 2.53 bits per heavy atom. The van der Waals surface area contributed by atoms with Gasteiger partial charge >= 0.3 is 0 Å². The Kier molecular flexibility index (Phi) is 7.41. The molecule has 2 aromatic carbocycles. The van der Waals surface area contributed by atoms with Gasteiger partial charge in [0.05, 0.1) is 6.57 Å². The summed E-state index contributed by atoms with van der Waals surface area (Å²) in [6.45, 7) is 15.9. The number of rotatable bonds is 5. The van der Waals surface area contributed by atoms with Crippen molar-refractivity contribution in [3.8, 4) is 0 Å². The summed E-state index contributed by atoms with van der Waals surface area (Å²) in [6.07, 6.45) is 3.65. The number of piperidine rings is 1. The van der Waals surface area contributed by atoms with Crippen LogP contribution in [0.5, 0.6) is 0 Å². The van der Waals surface area contributed by atoms with E-state index in [1.807, 2.05) is 49.9 Å². The molecule has 1 aliphatic rings. The molecule has 1 saturated heterocycles. The van der Waals surface area contributed by atoms with Crippen LogP contribution in [-0.2, 0) is 6.54 Å². The first-order valence-corrected chi connectivity index (χ1v) is 10.9. The van der Waals surface area contributed by atoms with Crippen LogP contribution < -0.4 is 10.2 Å². The van der Waals surface area contributed by atoms with E-state index in [-0.39, 0.29) is 11.9 Å². The summed E-state index contributed by atoms with van der Waals surface area (Å²) in [5.74, 6) is -0.191. The molecule has 6 heteroatoms. The molecule has 3 rings (SSSR count). The van der Waals surface area contributed by atoms with Crippen LogP contribution in [0.3, 0.4) is 0 Å². The van der Waals surface area contributed by atoms with Crippen LogP contribution in [0.15, 0.2) is 36.4 Å². The maximum atomic E-state index is 14.9. The molecule has 1 heterocycles. The van der Waals surface area contributed by atoms with E-state index in [1.54, 1.807) is 12.1 Å². The maximum absolute atomic E-state index is 14.9. The van der Waals surface area contributed by atoms with Crippen molar-refractivity contribution in [3.63, 3.8) is 0 Å². The monoisotopic (exact) mass is 424 g/mol. The quantitative estimate of drug-likeness (QED) is 0.450. The number of thiocarbonyl (C=S) groups is 1. The van der Waals surface area contributed by atoms with Crippen LogP contribution in [0, 0.1) is 19.3 Å². The van der Waals surface area contributed by atoms with E-state index >= 15 is 0 Å². The van der Waals surface area contributed by atoms with Gasteiger partial charge in [-0.2, -0.15) is 0 Å². The molecule has 0 saturated carbocycles. The van der Waals surface area contributed by atoms with Crippen molar-refractivity contribution in [2.45, 2.75) is 52.6 Å². The number of hydrogen-bond acceptors (Lipinski definition) is 2. The van der Waals surface area contributed by atoms with Crippen molar-refractivity contribution in [1.82, 2.24) is 4.90 Å². The SMILES string of the molecule is [C-]#[N+]c1ccc(NC(=S)N(c2ccc(CN3CCCCC3)c(F)c2)C(C)C)cc1C. The lowest BCUT2D eigenvalue weighted by Crippen LogP contribution is -2.40. The van der Waals surface area contributed by atoms with E-state index in [0.29, 0.717) is 17.3 Å². The third-order valence-corrected chi connectivity index (χ3v) is 5.76. The Bertz CT molecular complexity index is 945. The number of halogens is 1. The Labute approximate surface area is 184 Å². The lowest BCUT2D eigenvalue weighted by atomic mass is 10.1. The topological polar surface area (TPSA) is 22.9 Å². The van der Waals surface area contributed by atoms with E-state index in [2.05, 4.69) is 15.1 Å². The standard InChI is InChI=1S/C24H29FN4S/c1-17(2)29(24(30)27-20-9-11-23(26-4)18(3)14-20)21-10-8-19(22(25)15-21)16-28-12-6-5-7-13-28/h8-11,14-15,17H,5-7,12-13,16H2,1-3H3,(H,27,30). The molecule has 0 bridgehead atoms. The Balaban J connectivity index is 1.76. The second-order valence-electron chi connectivity index (χ2n) is 8.12. The van der Waals surface area contributed by atoms with Gasteiger partial charge in [0.2, 0.25) is 0 Å². The maximum Gasteiger partial charge on any atom is 0.190 e. The highest BCUT2D eigenvalue weighted by Crippen LogP contribution is 2.26. The van der Waals surface area contributed by atoms with Crippen molar-refractivity contribution in [1.29, 1.82) is 0 Å². The molecule has 1 aliphatic heterocycles. The minimum atomic E-state index is -0.191. The highest BCUT2D eigenvalue weighted by molar-refractivity contribution is 7.80. The van der Waals surface area contributed by atoms with E-state index in [4.69, 9.17) is 18.8 Å². The molecule has 0 aliphatic carbocycles. The van der Waals surface area contributed by atoms with E-state index in [9.17, 15) is 4.39 Å². The summed E-state index contributed by atoms with van der Waals surface area (Å²) >= 11 is 5.65.